The van der Waals surface area contributed by atoms with Crippen LogP contribution in [0, 0.1) is 0 Å². The lowest BCUT2D eigenvalue weighted by Gasteiger charge is -2.02. The summed E-state index contributed by atoms with van der Waals surface area (Å²) in [6, 6.07) is 31.3. The Morgan fingerprint density at radius 3 is 2.00 bits per heavy atom. The molecular weight excluding hydrogens is 436 g/mol. The third-order valence-electron chi connectivity index (χ3n) is 5.82. The van der Waals surface area contributed by atoms with E-state index in [4.69, 9.17) is 4.99 Å². The van der Waals surface area contributed by atoms with Crippen molar-refractivity contribution in [3.05, 3.63) is 108 Å². The molecule has 0 saturated heterocycles. The number of hydrogen-bond acceptors (Lipinski definition) is 2. The molecule has 2 aromatic heterocycles. The lowest BCUT2D eigenvalue weighted by Crippen LogP contribution is -2.44. The first kappa shape index (κ1) is 22.0. The third kappa shape index (κ3) is 4.22. The van der Waals surface area contributed by atoms with Gasteiger partial charge in [-0.3, -0.25) is 0 Å². The van der Waals surface area contributed by atoms with E-state index in [0.29, 0.717) is 0 Å². The van der Waals surface area contributed by atoms with Crippen molar-refractivity contribution < 1.29 is 9.25 Å². The number of aromatic nitrogens is 3. The molecule has 0 aliphatic heterocycles. The van der Waals surface area contributed by atoms with Crippen LogP contribution in [-0.4, -0.2) is 10.9 Å². The second-order valence-corrected chi connectivity index (χ2v) is 8.90. The zero-order valence-electron chi connectivity index (χ0n) is 19.5. The van der Waals surface area contributed by atoms with Crippen molar-refractivity contribution in [2.24, 2.45) is 4.99 Å². The van der Waals surface area contributed by atoms with Crippen molar-refractivity contribution in [3.63, 3.8) is 0 Å². The van der Waals surface area contributed by atoms with Crippen LogP contribution in [0.3, 0.4) is 0 Å². The van der Waals surface area contributed by atoms with E-state index in [9.17, 15) is 0 Å². The molecule has 0 amide bonds. The molecule has 0 radical (unpaired) electrons. The van der Waals surface area contributed by atoms with Crippen molar-refractivity contribution in [3.8, 4) is 5.69 Å². The maximum atomic E-state index is 4.92. The molecule has 0 saturated carbocycles. The standard InChI is InChI=1S/C29H28N4S/c1-3-31-27-26(21-20-23-14-8-5-9-15-23)32(4-2)33(25-18-12-7-13-19-25)28(27)34-29(31)30-22-24-16-10-6-11-17-24/h5-22H,3-4H2,1-2H3/q+2/b21-20+. The van der Waals surface area contributed by atoms with Crippen molar-refractivity contribution in [2.45, 2.75) is 26.9 Å². The number of hydrogen-bond donors (Lipinski definition) is 0. The summed E-state index contributed by atoms with van der Waals surface area (Å²) in [5.41, 5.74) is 5.83. The highest BCUT2D eigenvalue weighted by Crippen LogP contribution is 2.31. The number of nitrogens with zero attached hydrogens (tertiary/aromatic N) is 4. The minimum Gasteiger partial charge on any atom is -0.206 e. The first-order chi connectivity index (χ1) is 16.8. The summed E-state index contributed by atoms with van der Waals surface area (Å²) in [5, 5.41) is 0.999. The van der Waals surface area contributed by atoms with Gasteiger partial charge in [0.05, 0.1) is 6.54 Å². The van der Waals surface area contributed by atoms with Gasteiger partial charge in [0.1, 0.15) is 11.9 Å². The summed E-state index contributed by atoms with van der Waals surface area (Å²) >= 11 is 1.73. The number of para-hydroxylation sites is 1. The molecule has 3 aromatic carbocycles. The molecule has 0 bridgehead atoms. The minimum atomic E-state index is 0.843. The molecule has 168 valence electrons. The second kappa shape index (κ2) is 9.98. The topological polar surface area (TPSA) is 25.0 Å². The van der Waals surface area contributed by atoms with Gasteiger partial charge in [-0.1, -0.05) is 83.5 Å². The molecule has 0 unspecified atom stereocenters. The summed E-state index contributed by atoms with van der Waals surface area (Å²) < 4.78 is 7.01. The first-order valence-corrected chi connectivity index (χ1v) is 12.5. The smallest absolute Gasteiger partial charge is 0.206 e. The van der Waals surface area contributed by atoms with E-state index in [-0.39, 0.29) is 0 Å². The average molecular weight is 465 g/mol. The fourth-order valence-corrected chi connectivity index (χ4v) is 5.44. The van der Waals surface area contributed by atoms with Crippen LogP contribution >= 0.6 is 11.3 Å². The normalized spacial score (nSPS) is 11.8. The van der Waals surface area contributed by atoms with Gasteiger partial charge < -0.3 is 0 Å². The fourth-order valence-electron chi connectivity index (χ4n) is 4.23. The van der Waals surface area contributed by atoms with E-state index in [2.05, 4.69) is 113 Å². The molecule has 4 nitrogen and oxygen atoms in total. The molecule has 5 rings (SSSR count). The summed E-state index contributed by atoms with van der Waals surface area (Å²) in [6.45, 7) is 6.09. The summed E-state index contributed by atoms with van der Waals surface area (Å²) in [7, 11) is 0. The molecule has 2 heterocycles. The largest absolute Gasteiger partial charge is 0.385 e. The van der Waals surface area contributed by atoms with E-state index in [1.165, 1.54) is 21.6 Å². The number of aryl methyl sites for hydroxylation is 1. The molecule has 0 atom stereocenters. The van der Waals surface area contributed by atoms with Crippen LogP contribution in [-0.2, 0) is 13.1 Å². The average Bonchev–Trinajstić information content (AvgIpc) is 3.41. The summed E-state index contributed by atoms with van der Waals surface area (Å²) in [6.07, 6.45) is 6.39. The van der Waals surface area contributed by atoms with Crippen molar-refractivity contribution in [1.29, 1.82) is 0 Å². The predicted molar refractivity (Wildman–Crippen MR) is 142 cm³/mol. The van der Waals surface area contributed by atoms with Gasteiger partial charge in [-0.15, -0.1) is 4.68 Å². The fraction of sp³-hybridized carbons (Fsp3) is 0.138. The Balaban J connectivity index is 1.74. The monoisotopic (exact) mass is 464 g/mol. The molecule has 0 aliphatic carbocycles. The highest BCUT2D eigenvalue weighted by molar-refractivity contribution is 7.21. The van der Waals surface area contributed by atoms with Crippen LogP contribution in [0.25, 0.3) is 28.2 Å². The van der Waals surface area contributed by atoms with E-state index >= 15 is 0 Å². The zero-order chi connectivity index (χ0) is 23.3. The van der Waals surface area contributed by atoms with Crippen LogP contribution in [0.4, 0.5) is 5.13 Å². The SMILES string of the molecule is CC[n+]1c(/N=C/c2ccccc2)sc2c1c(/C=C/c1ccccc1)[n+](CC)n2-c1ccccc1. The lowest BCUT2D eigenvalue weighted by atomic mass is 10.2. The Bertz CT molecular complexity index is 1450. The molecule has 5 aromatic rings. The van der Waals surface area contributed by atoms with Crippen LogP contribution in [0.5, 0.6) is 0 Å². The van der Waals surface area contributed by atoms with Crippen molar-refractivity contribution in [2.75, 3.05) is 0 Å². The highest BCUT2D eigenvalue weighted by Gasteiger charge is 2.33. The number of rotatable bonds is 7. The van der Waals surface area contributed by atoms with Gasteiger partial charge in [-0.25, -0.2) is 4.57 Å². The predicted octanol–water partition coefficient (Wildman–Crippen LogP) is 6.23. The van der Waals surface area contributed by atoms with Crippen LogP contribution in [0.1, 0.15) is 30.7 Å². The lowest BCUT2D eigenvalue weighted by molar-refractivity contribution is -0.765. The van der Waals surface area contributed by atoms with Crippen molar-refractivity contribution >= 4 is 45.2 Å². The molecule has 0 aliphatic rings. The number of thiazole rings is 1. The van der Waals surface area contributed by atoms with Gasteiger partial charge in [-0.05, 0) is 53.9 Å². The molecule has 5 heteroatoms. The summed E-state index contributed by atoms with van der Waals surface area (Å²) in [5.74, 6) is 0. The zero-order valence-corrected chi connectivity index (χ0v) is 20.3. The molecular formula is C29H28N4S+2. The third-order valence-corrected chi connectivity index (χ3v) is 6.89. The number of fused-ring (bicyclic) bond motifs is 1. The van der Waals surface area contributed by atoms with E-state index in [1.54, 1.807) is 11.3 Å². The van der Waals surface area contributed by atoms with E-state index < -0.39 is 0 Å². The van der Waals surface area contributed by atoms with Crippen LogP contribution < -0.4 is 9.25 Å². The van der Waals surface area contributed by atoms with Gasteiger partial charge in [0.15, 0.2) is 6.54 Å². The Morgan fingerprint density at radius 1 is 0.765 bits per heavy atom. The Morgan fingerprint density at radius 2 is 1.38 bits per heavy atom. The molecule has 0 fully saturated rings. The molecule has 34 heavy (non-hydrogen) atoms. The Hall–Kier alpha value is -3.83. The van der Waals surface area contributed by atoms with Crippen LogP contribution in [0.15, 0.2) is 96.0 Å². The van der Waals surface area contributed by atoms with Crippen LogP contribution in [0.2, 0.25) is 0 Å². The Labute approximate surface area is 204 Å². The van der Waals surface area contributed by atoms with Gasteiger partial charge in [0, 0.05) is 11.6 Å². The van der Waals surface area contributed by atoms with E-state index in [1.807, 2.05) is 24.4 Å². The van der Waals surface area contributed by atoms with Crippen molar-refractivity contribution in [1.82, 2.24) is 4.68 Å². The second-order valence-electron chi connectivity index (χ2n) is 7.94. The quantitative estimate of drug-likeness (QED) is 0.202. The molecule has 0 N–H and O–H groups in total. The maximum Gasteiger partial charge on any atom is 0.385 e. The molecule has 0 spiro atoms. The maximum absolute atomic E-state index is 4.92. The van der Waals surface area contributed by atoms with Gasteiger partial charge >= 0.3 is 5.13 Å². The van der Waals surface area contributed by atoms with Gasteiger partial charge in [-0.2, -0.15) is 0 Å². The summed E-state index contributed by atoms with van der Waals surface area (Å²) in [4.78, 5) is 6.11. The first-order valence-electron chi connectivity index (χ1n) is 11.7. The van der Waals surface area contributed by atoms with E-state index in [0.717, 1.165) is 29.5 Å². The number of aliphatic imine (C=N–C) groups is 1. The van der Waals surface area contributed by atoms with Gasteiger partial charge in [0.25, 0.3) is 5.69 Å². The highest BCUT2D eigenvalue weighted by atomic mass is 32.1. The van der Waals surface area contributed by atoms with Gasteiger partial charge in [0.2, 0.25) is 10.3 Å². The Kier molecular flexibility index (Phi) is 6.45. The number of benzene rings is 3. The minimum absolute atomic E-state index is 0.843.